The summed E-state index contributed by atoms with van der Waals surface area (Å²) >= 11 is 1.64. The minimum Gasteiger partial charge on any atom is -0.409 e. The highest BCUT2D eigenvalue weighted by molar-refractivity contribution is 7.10. The van der Waals surface area contributed by atoms with Crippen LogP contribution in [-0.4, -0.2) is 17.0 Å². The minimum atomic E-state index is -0.808. The van der Waals surface area contributed by atoms with Crippen LogP contribution in [0.4, 0.5) is 0 Å². The zero-order chi connectivity index (χ0) is 14.6. The maximum atomic E-state index is 12.5. The smallest absolute Gasteiger partial charge is 0.234 e. The van der Waals surface area contributed by atoms with Crippen LogP contribution >= 0.6 is 11.3 Å². The predicted molar refractivity (Wildman–Crippen MR) is 79.8 cm³/mol. The fourth-order valence-corrected chi connectivity index (χ4v) is 3.40. The number of thiophene rings is 1. The summed E-state index contributed by atoms with van der Waals surface area (Å²) in [6, 6.07) is 4.02. The van der Waals surface area contributed by atoms with Crippen LogP contribution in [-0.2, 0) is 4.79 Å². The van der Waals surface area contributed by atoms with Crippen molar-refractivity contribution in [3.05, 3.63) is 22.4 Å². The molecule has 2 rings (SSSR count). The summed E-state index contributed by atoms with van der Waals surface area (Å²) in [5, 5.41) is 17.0. The second kappa shape index (κ2) is 6.26. The predicted octanol–water partition coefficient (Wildman–Crippen LogP) is 2.62. The molecule has 6 heteroatoms. The lowest BCUT2D eigenvalue weighted by Crippen LogP contribution is -2.54. The van der Waals surface area contributed by atoms with Gasteiger partial charge in [-0.25, -0.2) is 0 Å². The average Bonchev–Trinajstić information content (AvgIpc) is 2.90. The van der Waals surface area contributed by atoms with E-state index in [4.69, 9.17) is 10.9 Å². The van der Waals surface area contributed by atoms with Crippen molar-refractivity contribution in [1.82, 2.24) is 5.32 Å². The zero-order valence-electron chi connectivity index (χ0n) is 11.6. The maximum absolute atomic E-state index is 12.5. The Morgan fingerprint density at radius 2 is 2.40 bits per heavy atom. The van der Waals surface area contributed by atoms with Crippen LogP contribution in [0, 0.1) is 5.41 Å². The standard InChI is InChI=1S/C14H21N3O2S/c1-2-5-10(11-6-3-9-20-11)16-13(18)14(7-4-8-14)12(15)17-19/h3,6,9-10,19H,2,4-5,7-8H2,1H3,(H2,15,17)(H,16,18). The van der Waals surface area contributed by atoms with Gasteiger partial charge in [-0.05, 0) is 30.7 Å². The summed E-state index contributed by atoms with van der Waals surface area (Å²) in [6.45, 7) is 2.09. The Morgan fingerprint density at radius 3 is 2.85 bits per heavy atom. The number of amides is 1. The number of hydrogen-bond acceptors (Lipinski definition) is 4. The van der Waals surface area contributed by atoms with Crippen molar-refractivity contribution in [3.8, 4) is 0 Å². The molecule has 5 nitrogen and oxygen atoms in total. The number of carbonyl (C=O) groups is 1. The molecule has 1 aliphatic rings. The van der Waals surface area contributed by atoms with Crippen LogP contribution < -0.4 is 11.1 Å². The third kappa shape index (κ3) is 2.65. The van der Waals surface area contributed by atoms with Crippen LogP contribution in [0.25, 0.3) is 0 Å². The van der Waals surface area contributed by atoms with Gasteiger partial charge < -0.3 is 16.3 Å². The van der Waals surface area contributed by atoms with Gasteiger partial charge in [-0.2, -0.15) is 0 Å². The lowest BCUT2D eigenvalue weighted by molar-refractivity contribution is -0.131. The largest absolute Gasteiger partial charge is 0.409 e. The van der Waals surface area contributed by atoms with Gasteiger partial charge in [0.1, 0.15) is 5.41 Å². The highest BCUT2D eigenvalue weighted by atomic mass is 32.1. The Hall–Kier alpha value is -1.56. The monoisotopic (exact) mass is 295 g/mol. The quantitative estimate of drug-likeness (QED) is 0.326. The summed E-state index contributed by atoms with van der Waals surface area (Å²) in [4.78, 5) is 13.7. The molecule has 0 spiro atoms. The van der Waals surface area contributed by atoms with Gasteiger partial charge >= 0.3 is 0 Å². The Morgan fingerprint density at radius 1 is 1.65 bits per heavy atom. The molecule has 1 aliphatic carbocycles. The summed E-state index contributed by atoms with van der Waals surface area (Å²) in [7, 11) is 0. The first-order chi connectivity index (χ1) is 9.64. The van der Waals surface area contributed by atoms with Gasteiger partial charge in [0.2, 0.25) is 5.91 Å². The van der Waals surface area contributed by atoms with Gasteiger partial charge in [0.15, 0.2) is 5.84 Å². The normalized spacial score (nSPS) is 19.1. The Labute approximate surface area is 122 Å². The summed E-state index contributed by atoms with van der Waals surface area (Å²) in [5.74, 6) is -0.0893. The summed E-state index contributed by atoms with van der Waals surface area (Å²) in [6.07, 6.45) is 4.11. The summed E-state index contributed by atoms with van der Waals surface area (Å²) in [5.41, 5.74) is 4.92. The third-order valence-electron chi connectivity index (χ3n) is 4.01. The molecule has 0 aliphatic heterocycles. The van der Waals surface area contributed by atoms with Crippen molar-refractivity contribution < 1.29 is 10.0 Å². The van der Waals surface area contributed by atoms with Crippen LogP contribution in [0.3, 0.4) is 0 Å². The topological polar surface area (TPSA) is 87.7 Å². The van der Waals surface area contributed by atoms with E-state index in [2.05, 4.69) is 17.4 Å². The van der Waals surface area contributed by atoms with E-state index in [0.717, 1.165) is 24.1 Å². The van der Waals surface area contributed by atoms with E-state index >= 15 is 0 Å². The highest BCUT2D eigenvalue weighted by Crippen LogP contribution is 2.42. The first-order valence-electron chi connectivity index (χ1n) is 6.96. The Balaban J connectivity index is 2.12. The molecule has 1 saturated carbocycles. The molecular weight excluding hydrogens is 274 g/mol. The number of amidine groups is 1. The summed E-state index contributed by atoms with van der Waals surface area (Å²) < 4.78 is 0. The van der Waals surface area contributed by atoms with E-state index in [0.29, 0.717) is 12.8 Å². The second-order valence-corrected chi connectivity index (χ2v) is 6.23. The molecule has 1 unspecified atom stereocenters. The SMILES string of the molecule is CCCC(NC(=O)C1(/C(N)=N/O)CCC1)c1cccs1. The van der Waals surface area contributed by atoms with Crippen molar-refractivity contribution in [2.75, 3.05) is 0 Å². The number of nitrogens with two attached hydrogens (primary N) is 1. The number of rotatable bonds is 6. The van der Waals surface area contributed by atoms with Crippen molar-refractivity contribution in [3.63, 3.8) is 0 Å². The van der Waals surface area contributed by atoms with E-state index in [1.807, 2.05) is 17.5 Å². The minimum absolute atomic E-state index is 0.0106. The van der Waals surface area contributed by atoms with E-state index in [-0.39, 0.29) is 17.8 Å². The van der Waals surface area contributed by atoms with E-state index < -0.39 is 5.41 Å². The molecule has 20 heavy (non-hydrogen) atoms. The first-order valence-corrected chi connectivity index (χ1v) is 7.84. The number of nitrogens with zero attached hydrogens (tertiary/aromatic N) is 1. The number of nitrogens with one attached hydrogen (secondary N) is 1. The van der Waals surface area contributed by atoms with Crippen LogP contribution in [0.2, 0.25) is 0 Å². The molecule has 4 N–H and O–H groups in total. The molecule has 1 fully saturated rings. The van der Waals surface area contributed by atoms with Gasteiger partial charge in [0.25, 0.3) is 0 Å². The molecule has 1 aromatic heterocycles. The number of carbonyl (C=O) groups excluding carboxylic acids is 1. The van der Waals surface area contributed by atoms with Gasteiger partial charge in [0, 0.05) is 4.88 Å². The molecular formula is C14H21N3O2S. The van der Waals surface area contributed by atoms with Gasteiger partial charge in [-0.15, -0.1) is 11.3 Å². The van der Waals surface area contributed by atoms with E-state index in [1.54, 1.807) is 11.3 Å². The maximum Gasteiger partial charge on any atom is 0.234 e. The van der Waals surface area contributed by atoms with E-state index in [1.165, 1.54) is 0 Å². The lowest BCUT2D eigenvalue weighted by Gasteiger charge is -2.39. The first kappa shape index (κ1) is 14.8. The van der Waals surface area contributed by atoms with Crippen LogP contribution in [0.15, 0.2) is 22.7 Å². The zero-order valence-corrected chi connectivity index (χ0v) is 12.4. The molecule has 0 aromatic carbocycles. The number of oxime groups is 1. The van der Waals surface area contributed by atoms with Gasteiger partial charge in [-0.1, -0.05) is 31.0 Å². The molecule has 0 bridgehead atoms. The fraction of sp³-hybridized carbons (Fsp3) is 0.571. The Bertz CT molecular complexity index is 481. The lowest BCUT2D eigenvalue weighted by atomic mass is 9.67. The molecule has 1 atom stereocenters. The van der Waals surface area contributed by atoms with Crippen molar-refractivity contribution in [2.24, 2.45) is 16.3 Å². The van der Waals surface area contributed by atoms with Crippen molar-refractivity contribution >= 4 is 23.1 Å². The molecule has 110 valence electrons. The van der Waals surface area contributed by atoms with Crippen molar-refractivity contribution in [1.29, 1.82) is 0 Å². The van der Waals surface area contributed by atoms with E-state index in [9.17, 15) is 4.79 Å². The van der Waals surface area contributed by atoms with Gasteiger partial charge in [0.05, 0.1) is 6.04 Å². The molecule has 1 heterocycles. The van der Waals surface area contributed by atoms with Crippen LogP contribution in [0.1, 0.15) is 49.9 Å². The van der Waals surface area contributed by atoms with Crippen LogP contribution in [0.5, 0.6) is 0 Å². The Kier molecular flexibility index (Phi) is 4.65. The molecule has 0 saturated heterocycles. The fourth-order valence-electron chi connectivity index (χ4n) is 2.59. The number of hydrogen-bond donors (Lipinski definition) is 3. The molecule has 0 radical (unpaired) electrons. The van der Waals surface area contributed by atoms with Gasteiger partial charge in [-0.3, -0.25) is 4.79 Å². The molecule has 1 amide bonds. The third-order valence-corrected chi connectivity index (χ3v) is 5.00. The molecule has 1 aromatic rings. The van der Waals surface area contributed by atoms with Crippen molar-refractivity contribution in [2.45, 2.75) is 45.1 Å². The highest BCUT2D eigenvalue weighted by Gasteiger charge is 2.48. The average molecular weight is 295 g/mol. The second-order valence-electron chi connectivity index (χ2n) is 5.25.